The molecule has 0 aliphatic rings. The Balaban J connectivity index is 2.92. The van der Waals surface area contributed by atoms with E-state index in [1.807, 2.05) is 0 Å². The van der Waals surface area contributed by atoms with Crippen molar-refractivity contribution in [2.45, 2.75) is 44.4 Å². The number of amides is 3. The van der Waals surface area contributed by atoms with Crippen LogP contribution in [0.25, 0.3) is 0 Å². The number of thiol groups is 1. The van der Waals surface area contributed by atoms with Crippen molar-refractivity contribution in [1.82, 2.24) is 25.9 Å². The van der Waals surface area contributed by atoms with Gasteiger partial charge in [0.1, 0.15) is 18.1 Å². The Labute approximate surface area is 178 Å². The summed E-state index contributed by atoms with van der Waals surface area (Å²) < 4.78 is 0. The van der Waals surface area contributed by atoms with Gasteiger partial charge in [-0.1, -0.05) is 13.8 Å². The molecule has 4 atom stereocenters. The third-order valence-corrected chi connectivity index (χ3v) is 4.61. The zero-order valence-corrected chi connectivity index (χ0v) is 17.6. The van der Waals surface area contributed by atoms with Crippen LogP contribution >= 0.6 is 12.6 Å². The van der Waals surface area contributed by atoms with Crippen molar-refractivity contribution in [3.8, 4) is 0 Å². The van der Waals surface area contributed by atoms with E-state index in [1.54, 1.807) is 13.8 Å². The van der Waals surface area contributed by atoms with E-state index in [9.17, 15) is 19.2 Å². The van der Waals surface area contributed by atoms with Crippen molar-refractivity contribution >= 4 is 36.3 Å². The van der Waals surface area contributed by atoms with Gasteiger partial charge >= 0.3 is 5.97 Å². The molecule has 0 radical (unpaired) electrons. The minimum Gasteiger partial charge on any atom is -0.480 e. The molecule has 0 fully saturated rings. The number of hydrogen-bond donors (Lipinski definition) is 8. The van der Waals surface area contributed by atoms with Crippen molar-refractivity contribution in [2.75, 3.05) is 12.4 Å². The van der Waals surface area contributed by atoms with Crippen molar-refractivity contribution in [3.63, 3.8) is 0 Å². The summed E-state index contributed by atoms with van der Waals surface area (Å²) in [7, 11) is 0. The number of aromatic nitrogens is 2. The standard InChI is InChI=1S/C17H28N6O6S/c1-8(2)13(18)16(27)23-12(6-30)15(26)21-10(3-9-4-19-7-20-9)14(25)22-11(5-24)17(28)29/h4,7-8,10-13,24,30H,3,5-6,18H2,1-2H3,(H,19,20)(H,21,26)(H,22,25)(H,23,27)(H,28,29). The minimum absolute atomic E-state index is 0.0336. The SMILES string of the molecule is CC(C)C(N)C(=O)NC(CS)C(=O)NC(Cc1cnc[nH]1)C(=O)NC(CO)C(=O)O. The predicted octanol–water partition coefficient (Wildman–Crippen LogP) is -2.60. The summed E-state index contributed by atoms with van der Waals surface area (Å²) in [6.07, 6.45) is 2.78. The van der Waals surface area contributed by atoms with Gasteiger partial charge < -0.3 is 36.9 Å². The largest absolute Gasteiger partial charge is 0.480 e. The first kappa shape index (κ1) is 25.4. The van der Waals surface area contributed by atoms with Crippen LogP contribution in [0.2, 0.25) is 0 Å². The van der Waals surface area contributed by atoms with Gasteiger partial charge in [-0.05, 0) is 5.92 Å². The number of carbonyl (C=O) groups is 4. The number of aromatic amines is 1. The summed E-state index contributed by atoms with van der Waals surface area (Å²) >= 11 is 4.07. The molecule has 0 saturated carbocycles. The summed E-state index contributed by atoms with van der Waals surface area (Å²) in [6, 6.07) is -4.64. The van der Waals surface area contributed by atoms with Crippen LogP contribution in [-0.2, 0) is 25.6 Å². The molecule has 30 heavy (non-hydrogen) atoms. The maximum atomic E-state index is 12.6. The molecular formula is C17H28N6O6S. The van der Waals surface area contributed by atoms with Crippen LogP contribution in [0.5, 0.6) is 0 Å². The van der Waals surface area contributed by atoms with Crippen LogP contribution in [0.1, 0.15) is 19.5 Å². The number of carboxylic acid groups (broad SMARTS) is 1. The number of nitrogens with one attached hydrogen (secondary N) is 4. The molecule has 8 N–H and O–H groups in total. The molecule has 168 valence electrons. The first-order valence-electron chi connectivity index (χ1n) is 9.19. The molecule has 1 aromatic rings. The number of nitrogens with zero attached hydrogens (tertiary/aromatic N) is 1. The average Bonchev–Trinajstić information content (AvgIpc) is 3.21. The molecule has 1 heterocycles. The Bertz CT molecular complexity index is 728. The molecule has 0 aliphatic carbocycles. The third kappa shape index (κ3) is 7.65. The number of rotatable bonds is 12. The highest BCUT2D eigenvalue weighted by Gasteiger charge is 2.30. The van der Waals surface area contributed by atoms with Crippen LogP contribution in [0.4, 0.5) is 0 Å². The Hall–Kier alpha value is -2.64. The Morgan fingerprint density at radius 1 is 1.10 bits per heavy atom. The fourth-order valence-corrected chi connectivity index (χ4v) is 2.58. The summed E-state index contributed by atoms with van der Waals surface area (Å²) in [4.78, 5) is 55.0. The van der Waals surface area contributed by atoms with E-state index in [0.29, 0.717) is 5.69 Å². The quantitative estimate of drug-likeness (QED) is 0.160. The van der Waals surface area contributed by atoms with E-state index in [4.69, 9.17) is 15.9 Å². The zero-order valence-electron chi connectivity index (χ0n) is 16.7. The van der Waals surface area contributed by atoms with E-state index in [2.05, 4.69) is 38.5 Å². The average molecular weight is 445 g/mol. The van der Waals surface area contributed by atoms with Gasteiger partial charge in [0.15, 0.2) is 0 Å². The van der Waals surface area contributed by atoms with Crippen molar-refractivity contribution < 1.29 is 29.4 Å². The van der Waals surface area contributed by atoms with Gasteiger partial charge in [0.2, 0.25) is 17.7 Å². The predicted molar refractivity (Wildman–Crippen MR) is 109 cm³/mol. The summed E-state index contributed by atoms with van der Waals surface area (Å²) in [5.74, 6) is -3.72. The Kier molecular flexibility index (Phi) is 10.3. The topological polar surface area (TPSA) is 200 Å². The lowest BCUT2D eigenvalue weighted by molar-refractivity contribution is -0.143. The lowest BCUT2D eigenvalue weighted by Crippen LogP contribution is -2.58. The van der Waals surface area contributed by atoms with Crippen LogP contribution in [0.3, 0.4) is 0 Å². The van der Waals surface area contributed by atoms with Crippen molar-refractivity contribution in [3.05, 3.63) is 18.2 Å². The Morgan fingerprint density at radius 2 is 1.67 bits per heavy atom. The number of carbonyl (C=O) groups excluding carboxylic acids is 3. The summed E-state index contributed by atoms with van der Waals surface area (Å²) in [6.45, 7) is 2.68. The molecule has 0 aromatic carbocycles. The van der Waals surface area contributed by atoms with Crippen molar-refractivity contribution in [1.29, 1.82) is 0 Å². The first-order chi connectivity index (χ1) is 14.1. The number of H-pyrrole nitrogens is 1. The van der Waals surface area contributed by atoms with E-state index in [1.165, 1.54) is 12.5 Å². The third-order valence-electron chi connectivity index (χ3n) is 4.25. The van der Waals surface area contributed by atoms with Crippen molar-refractivity contribution in [2.24, 2.45) is 11.7 Å². The van der Waals surface area contributed by atoms with Gasteiger partial charge in [-0.25, -0.2) is 9.78 Å². The monoisotopic (exact) mass is 444 g/mol. The smallest absolute Gasteiger partial charge is 0.328 e. The molecule has 3 amide bonds. The summed E-state index contributed by atoms with van der Waals surface area (Å²) in [5, 5.41) is 25.2. The number of aliphatic hydroxyl groups excluding tert-OH is 1. The Morgan fingerprint density at radius 3 is 2.13 bits per heavy atom. The van der Waals surface area contributed by atoms with Gasteiger partial charge in [-0.3, -0.25) is 14.4 Å². The number of aliphatic hydroxyl groups is 1. The number of aliphatic carboxylic acids is 1. The van der Waals surface area contributed by atoms with Gasteiger partial charge in [-0.15, -0.1) is 0 Å². The minimum atomic E-state index is -1.54. The van der Waals surface area contributed by atoms with Gasteiger partial charge in [0.05, 0.1) is 19.0 Å². The van der Waals surface area contributed by atoms with Gasteiger partial charge in [0, 0.05) is 24.1 Å². The molecule has 1 rings (SSSR count). The lowest BCUT2D eigenvalue weighted by atomic mass is 10.0. The van der Waals surface area contributed by atoms with E-state index in [-0.39, 0.29) is 18.1 Å². The first-order valence-corrected chi connectivity index (χ1v) is 9.82. The van der Waals surface area contributed by atoms with Crippen LogP contribution in [-0.4, -0.2) is 80.4 Å². The molecule has 1 aromatic heterocycles. The number of carboxylic acids is 1. The van der Waals surface area contributed by atoms with Crippen LogP contribution in [0, 0.1) is 5.92 Å². The van der Waals surface area contributed by atoms with E-state index in [0.717, 1.165) is 0 Å². The fraction of sp³-hybridized carbons (Fsp3) is 0.588. The highest BCUT2D eigenvalue weighted by Crippen LogP contribution is 2.03. The van der Waals surface area contributed by atoms with Gasteiger partial charge in [0.25, 0.3) is 0 Å². The maximum absolute atomic E-state index is 12.6. The number of hydrogen-bond acceptors (Lipinski definition) is 8. The molecule has 0 spiro atoms. The molecule has 4 unspecified atom stereocenters. The number of imidazole rings is 1. The molecule has 12 nitrogen and oxygen atoms in total. The van der Waals surface area contributed by atoms with E-state index < -0.39 is 54.5 Å². The maximum Gasteiger partial charge on any atom is 0.328 e. The fourth-order valence-electron chi connectivity index (χ4n) is 2.32. The molecule has 13 heteroatoms. The van der Waals surface area contributed by atoms with Crippen LogP contribution < -0.4 is 21.7 Å². The second kappa shape index (κ2) is 12.1. The molecule has 0 aliphatic heterocycles. The molecular weight excluding hydrogens is 416 g/mol. The number of nitrogens with two attached hydrogens (primary N) is 1. The highest BCUT2D eigenvalue weighted by atomic mass is 32.1. The molecule has 0 saturated heterocycles. The van der Waals surface area contributed by atoms with Crippen LogP contribution in [0.15, 0.2) is 12.5 Å². The lowest BCUT2D eigenvalue weighted by Gasteiger charge is -2.24. The second-order valence-electron chi connectivity index (χ2n) is 6.94. The highest BCUT2D eigenvalue weighted by molar-refractivity contribution is 7.80. The normalized spacial score (nSPS) is 15.0. The molecule has 0 bridgehead atoms. The summed E-state index contributed by atoms with van der Waals surface area (Å²) in [5.41, 5.74) is 6.28. The zero-order chi connectivity index (χ0) is 22.8. The van der Waals surface area contributed by atoms with Gasteiger partial charge in [-0.2, -0.15) is 12.6 Å². The van der Waals surface area contributed by atoms with E-state index >= 15 is 0 Å². The second-order valence-corrected chi connectivity index (χ2v) is 7.30.